The molecule has 0 N–H and O–H groups in total. The van der Waals surface area contributed by atoms with E-state index in [9.17, 15) is 5.26 Å². The number of para-hydroxylation sites is 1. The first-order valence-corrected chi connectivity index (χ1v) is 6.30. The zero-order valence-electron chi connectivity index (χ0n) is 10.7. The molecule has 1 aliphatic heterocycles. The van der Waals surface area contributed by atoms with Gasteiger partial charge in [0.05, 0.1) is 17.7 Å². The Bertz CT molecular complexity index is 665. The summed E-state index contributed by atoms with van der Waals surface area (Å²) < 4.78 is 0. The number of nitriles is 1. The predicted molar refractivity (Wildman–Crippen MR) is 77.6 cm³/mol. The SMILES string of the molecule is CN1c2ccccc2C=C(C#N)C1c1ccccc1. The maximum absolute atomic E-state index is 9.42. The van der Waals surface area contributed by atoms with E-state index in [1.54, 1.807) is 0 Å². The van der Waals surface area contributed by atoms with Gasteiger partial charge in [0.25, 0.3) is 0 Å². The summed E-state index contributed by atoms with van der Waals surface area (Å²) in [4.78, 5) is 2.17. The largest absolute Gasteiger partial charge is 0.362 e. The number of hydrogen-bond donors (Lipinski definition) is 0. The lowest BCUT2D eigenvalue weighted by Crippen LogP contribution is -2.28. The van der Waals surface area contributed by atoms with E-state index in [-0.39, 0.29) is 6.04 Å². The zero-order valence-corrected chi connectivity index (χ0v) is 10.7. The summed E-state index contributed by atoms with van der Waals surface area (Å²) in [6, 6.07) is 20.7. The molecule has 0 fully saturated rings. The van der Waals surface area contributed by atoms with Crippen molar-refractivity contribution in [3.8, 4) is 6.07 Å². The van der Waals surface area contributed by atoms with E-state index in [1.807, 2.05) is 49.5 Å². The average molecular weight is 246 g/mol. The molecule has 0 saturated heterocycles. The Balaban J connectivity index is 2.15. The van der Waals surface area contributed by atoms with Crippen LogP contribution in [-0.2, 0) is 0 Å². The fraction of sp³-hybridized carbons (Fsp3) is 0.118. The van der Waals surface area contributed by atoms with Gasteiger partial charge in [0, 0.05) is 12.7 Å². The van der Waals surface area contributed by atoms with Gasteiger partial charge in [-0.05, 0) is 23.3 Å². The van der Waals surface area contributed by atoms with E-state index in [0.29, 0.717) is 0 Å². The highest BCUT2D eigenvalue weighted by molar-refractivity contribution is 5.77. The summed E-state index contributed by atoms with van der Waals surface area (Å²) in [6.07, 6.45) is 1.99. The summed E-state index contributed by atoms with van der Waals surface area (Å²) in [5.74, 6) is 0. The van der Waals surface area contributed by atoms with Gasteiger partial charge in [-0.1, -0.05) is 48.5 Å². The number of hydrogen-bond acceptors (Lipinski definition) is 2. The fourth-order valence-corrected chi connectivity index (χ4v) is 2.66. The molecule has 2 aromatic carbocycles. The molecule has 19 heavy (non-hydrogen) atoms. The minimum Gasteiger partial charge on any atom is -0.362 e. The van der Waals surface area contributed by atoms with Crippen LogP contribution < -0.4 is 4.90 Å². The van der Waals surface area contributed by atoms with Crippen molar-refractivity contribution in [3.05, 3.63) is 71.3 Å². The molecule has 0 radical (unpaired) electrons. The first-order chi connectivity index (χ1) is 9.31. The molecule has 0 aromatic heterocycles. The van der Waals surface area contributed by atoms with E-state index in [0.717, 1.165) is 22.4 Å². The van der Waals surface area contributed by atoms with Gasteiger partial charge in [0.1, 0.15) is 0 Å². The molecule has 0 saturated carbocycles. The Morgan fingerprint density at radius 1 is 1.00 bits per heavy atom. The molecule has 1 atom stereocenters. The van der Waals surface area contributed by atoms with Gasteiger partial charge in [-0.15, -0.1) is 0 Å². The van der Waals surface area contributed by atoms with Crippen LogP contribution in [0.1, 0.15) is 17.2 Å². The van der Waals surface area contributed by atoms with Crippen LogP contribution in [0.4, 0.5) is 5.69 Å². The minimum absolute atomic E-state index is 0.00102. The minimum atomic E-state index is 0.00102. The molecule has 2 aromatic rings. The fourth-order valence-electron chi connectivity index (χ4n) is 2.66. The number of nitrogens with zero attached hydrogens (tertiary/aromatic N) is 2. The van der Waals surface area contributed by atoms with Crippen LogP contribution in [-0.4, -0.2) is 7.05 Å². The second-order valence-corrected chi connectivity index (χ2v) is 4.69. The highest BCUT2D eigenvalue weighted by Gasteiger charge is 2.26. The Morgan fingerprint density at radius 2 is 1.68 bits per heavy atom. The van der Waals surface area contributed by atoms with Crippen molar-refractivity contribution >= 4 is 11.8 Å². The van der Waals surface area contributed by atoms with Gasteiger partial charge < -0.3 is 4.90 Å². The van der Waals surface area contributed by atoms with Crippen LogP contribution in [0.3, 0.4) is 0 Å². The highest BCUT2D eigenvalue weighted by Crippen LogP contribution is 2.39. The molecule has 1 aliphatic rings. The maximum atomic E-state index is 9.42. The number of rotatable bonds is 1. The molecule has 0 spiro atoms. The normalized spacial score (nSPS) is 17.4. The Morgan fingerprint density at radius 3 is 2.42 bits per heavy atom. The van der Waals surface area contributed by atoms with Crippen LogP contribution in [0.15, 0.2) is 60.2 Å². The van der Waals surface area contributed by atoms with Crippen molar-refractivity contribution in [3.63, 3.8) is 0 Å². The van der Waals surface area contributed by atoms with E-state index in [1.165, 1.54) is 0 Å². The molecule has 2 heteroatoms. The van der Waals surface area contributed by atoms with E-state index >= 15 is 0 Å². The van der Waals surface area contributed by atoms with Gasteiger partial charge in [-0.25, -0.2) is 0 Å². The average Bonchev–Trinajstić information content (AvgIpc) is 2.48. The molecule has 0 bridgehead atoms. The first kappa shape index (κ1) is 11.6. The standard InChI is InChI=1S/C17H14N2/c1-19-16-10-6-5-9-14(16)11-15(12-18)17(19)13-7-3-2-4-8-13/h2-11,17H,1H3. The molecule has 92 valence electrons. The first-order valence-electron chi connectivity index (χ1n) is 6.30. The molecule has 3 rings (SSSR count). The lowest BCUT2D eigenvalue weighted by atomic mass is 9.91. The third kappa shape index (κ3) is 1.90. The Labute approximate surface area is 113 Å². The van der Waals surface area contributed by atoms with E-state index in [4.69, 9.17) is 0 Å². The summed E-state index contributed by atoms with van der Waals surface area (Å²) >= 11 is 0. The smallest absolute Gasteiger partial charge is 0.0973 e. The molecule has 1 heterocycles. The predicted octanol–water partition coefficient (Wildman–Crippen LogP) is 3.78. The van der Waals surface area contributed by atoms with Gasteiger partial charge in [0.2, 0.25) is 0 Å². The van der Waals surface area contributed by atoms with Crippen LogP contribution in [0.5, 0.6) is 0 Å². The topological polar surface area (TPSA) is 27.0 Å². The Kier molecular flexibility index (Phi) is 2.81. The molecule has 2 nitrogen and oxygen atoms in total. The second-order valence-electron chi connectivity index (χ2n) is 4.69. The van der Waals surface area contributed by atoms with Gasteiger partial charge in [-0.3, -0.25) is 0 Å². The summed E-state index contributed by atoms with van der Waals surface area (Å²) in [5, 5.41) is 9.42. The molecular weight excluding hydrogens is 232 g/mol. The van der Waals surface area contributed by atoms with E-state index in [2.05, 4.69) is 29.2 Å². The van der Waals surface area contributed by atoms with Gasteiger partial charge in [-0.2, -0.15) is 5.26 Å². The Hall–Kier alpha value is -2.53. The van der Waals surface area contributed by atoms with Crippen molar-refractivity contribution in [2.24, 2.45) is 0 Å². The van der Waals surface area contributed by atoms with Crippen LogP contribution in [0.25, 0.3) is 6.08 Å². The van der Waals surface area contributed by atoms with Gasteiger partial charge in [0.15, 0.2) is 0 Å². The van der Waals surface area contributed by atoms with Crippen LogP contribution in [0.2, 0.25) is 0 Å². The lowest BCUT2D eigenvalue weighted by molar-refractivity contribution is 0.779. The molecule has 1 unspecified atom stereocenters. The van der Waals surface area contributed by atoms with Crippen LogP contribution >= 0.6 is 0 Å². The zero-order chi connectivity index (χ0) is 13.2. The third-order valence-corrected chi connectivity index (χ3v) is 3.55. The number of likely N-dealkylation sites (N-methyl/N-ethyl adjacent to an activating group) is 1. The molecular formula is C17H14N2. The van der Waals surface area contributed by atoms with Crippen molar-refractivity contribution in [2.75, 3.05) is 11.9 Å². The quantitative estimate of drug-likeness (QED) is 0.765. The summed E-state index contributed by atoms with van der Waals surface area (Å²) in [7, 11) is 2.04. The maximum Gasteiger partial charge on any atom is 0.0973 e. The lowest BCUT2D eigenvalue weighted by Gasteiger charge is -2.34. The third-order valence-electron chi connectivity index (χ3n) is 3.55. The van der Waals surface area contributed by atoms with Crippen molar-refractivity contribution in [1.29, 1.82) is 5.26 Å². The second kappa shape index (κ2) is 4.62. The molecule has 0 amide bonds. The number of anilines is 1. The summed E-state index contributed by atoms with van der Waals surface area (Å²) in [5.41, 5.74) is 4.20. The van der Waals surface area contributed by atoms with Gasteiger partial charge >= 0.3 is 0 Å². The van der Waals surface area contributed by atoms with E-state index < -0.39 is 0 Å². The van der Waals surface area contributed by atoms with Crippen LogP contribution in [0, 0.1) is 11.3 Å². The highest BCUT2D eigenvalue weighted by atomic mass is 15.1. The molecule has 0 aliphatic carbocycles. The number of fused-ring (bicyclic) bond motifs is 1. The van der Waals surface area contributed by atoms with Crippen molar-refractivity contribution in [1.82, 2.24) is 0 Å². The number of benzene rings is 2. The van der Waals surface area contributed by atoms with Crippen molar-refractivity contribution < 1.29 is 0 Å². The van der Waals surface area contributed by atoms with Crippen molar-refractivity contribution in [2.45, 2.75) is 6.04 Å². The summed E-state index contributed by atoms with van der Waals surface area (Å²) in [6.45, 7) is 0. The monoisotopic (exact) mass is 246 g/mol.